The molecule has 1 aliphatic heterocycles. The van der Waals surface area contributed by atoms with Gasteiger partial charge < -0.3 is 4.90 Å². The Kier molecular flexibility index (Phi) is 5.30. The van der Waals surface area contributed by atoms with E-state index in [0.717, 1.165) is 24.1 Å². The summed E-state index contributed by atoms with van der Waals surface area (Å²) < 4.78 is 0. The first-order valence-electron chi connectivity index (χ1n) is 10.0. The zero-order valence-corrected chi connectivity index (χ0v) is 16.8. The third kappa shape index (κ3) is 3.99. The average molecular weight is 387 g/mol. The summed E-state index contributed by atoms with van der Waals surface area (Å²) in [5.41, 5.74) is 5.86. The predicted octanol–water partition coefficient (Wildman–Crippen LogP) is 4.61. The number of amides is 1. The molecule has 0 radical (unpaired) electrons. The topological polar surface area (TPSA) is 66.1 Å². The summed E-state index contributed by atoms with van der Waals surface area (Å²) in [7, 11) is 0. The highest BCUT2D eigenvalue weighted by Crippen LogP contribution is 2.34. The molecule has 0 saturated carbocycles. The number of ketones is 1. The van der Waals surface area contributed by atoms with Crippen LogP contribution in [0.2, 0.25) is 0 Å². The highest BCUT2D eigenvalue weighted by Gasteiger charge is 2.27. The van der Waals surface area contributed by atoms with Crippen LogP contribution in [0, 0.1) is 6.92 Å². The second-order valence-corrected chi connectivity index (χ2v) is 7.77. The predicted molar refractivity (Wildman–Crippen MR) is 113 cm³/mol. The van der Waals surface area contributed by atoms with Crippen LogP contribution in [-0.4, -0.2) is 39.9 Å². The Morgan fingerprint density at radius 3 is 2.48 bits per heavy atom. The van der Waals surface area contributed by atoms with Crippen molar-refractivity contribution in [2.24, 2.45) is 0 Å². The Balaban J connectivity index is 1.47. The fraction of sp³-hybridized carbons (Fsp3) is 0.292. The molecule has 0 unspecified atom stereocenters. The van der Waals surface area contributed by atoms with Gasteiger partial charge in [-0.2, -0.15) is 5.10 Å². The minimum atomic E-state index is -0.0266. The number of Topliss-reactive ketones (excluding diaryl/α,β-unsaturated/α-hetero) is 1. The molecule has 2 heterocycles. The van der Waals surface area contributed by atoms with Crippen LogP contribution in [0.1, 0.15) is 57.7 Å². The van der Waals surface area contributed by atoms with Crippen LogP contribution in [0.15, 0.2) is 54.7 Å². The number of rotatable bonds is 4. The van der Waals surface area contributed by atoms with Gasteiger partial charge in [0.15, 0.2) is 5.78 Å². The maximum Gasteiger partial charge on any atom is 0.253 e. The number of nitrogens with zero attached hydrogens (tertiary/aromatic N) is 2. The zero-order chi connectivity index (χ0) is 20.4. The van der Waals surface area contributed by atoms with E-state index >= 15 is 0 Å². The lowest BCUT2D eigenvalue weighted by atomic mass is 9.89. The van der Waals surface area contributed by atoms with Crippen molar-refractivity contribution in [3.8, 4) is 11.1 Å². The second-order valence-electron chi connectivity index (χ2n) is 7.77. The molecular weight excluding hydrogens is 362 g/mol. The van der Waals surface area contributed by atoms with Gasteiger partial charge in [0.25, 0.3) is 5.91 Å². The molecule has 0 aliphatic carbocycles. The first-order valence-corrected chi connectivity index (χ1v) is 10.0. The van der Waals surface area contributed by atoms with Crippen molar-refractivity contribution >= 4 is 11.7 Å². The summed E-state index contributed by atoms with van der Waals surface area (Å²) in [5, 5.41) is 7.49. The van der Waals surface area contributed by atoms with E-state index in [0.29, 0.717) is 30.1 Å². The van der Waals surface area contributed by atoms with Gasteiger partial charge in [-0.1, -0.05) is 42.0 Å². The number of likely N-dealkylation sites (tertiary alicyclic amines) is 1. The molecule has 0 bridgehead atoms. The first kappa shape index (κ1) is 19.1. The van der Waals surface area contributed by atoms with Crippen molar-refractivity contribution < 1.29 is 9.59 Å². The molecule has 1 amide bonds. The fourth-order valence-corrected chi connectivity index (χ4v) is 4.08. The normalized spacial score (nSPS) is 14.8. The van der Waals surface area contributed by atoms with E-state index in [9.17, 15) is 9.59 Å². The Hall–Kier alpha value is -3.21. The van der Waals surface area contributed by atoms with Gasteiger partial charge in [-0.3, -0.25) is 14.7 Å². The molecular formula is C24H25N3O2. The van der Waals surface area contributed by atoms with Gasteiger partial charge in [0.05, 0.1) is 6.20 Å². The summed E-state index contributed by atoms with van der Waals surface area (Å²) >= 11 is 0. The molecule has 1 fully saturated rings. The number of hydrogen-bond acceptors (Lipinski definition) is 3. The molecule has 0 atom stereocenters. The maximum atomic E-state index is 12.9. The van der Waals surface area contributed by atoms with E-state index < -0.39 is 0 Å². The highest BCUT2D eigenvalue weighted by molar-refractivity contribution is 5.99. The third-order valence-electron chi connectivity index (χ3n) is 5.70. The van der Waals surface area contributed by atoms with Crippen molar-refractivity contribution in [1.29, 1.82) is 0 Å². The first-order chi connectivity index (χ1) is 14.0. The van der Waals surface area contributed by atoms with Gasteiger partial charge in [-0.25, -0.2) is 0 Å². The van der Waals surface area contributed by atoms with E-state index in [4.69, 9.17) is 0 Å². The van der Waals surface area contributed by atoms with Gasteiger partial charge >= 0.3 is 0 Å². The molecule has 4 rings (SSSR count). The quantitative estimate of drug-likeness (QED) is 0.665. The monoisotopic (exact) mass is 387 g/mol. The second kappa shape index (κ2) is 8.03. The Morgan fingerprint density at radius 1 is 1.03 bits per heavy atom. The molecule has 29 heavy (non-hydrogen) atoms. The minimum Gasteiger partial charge on any atom is -0.339 e. The van der Waals surface area contributed by atoms with Crippen molar-refractivity contribution in [2.45, 2.75) is 32.6 Å². The zero-order valence-electron chi connectivity index (χ0n) is 16.8. The van der Waals surface area contributed by atoms with Crippen LogP contribution in [-0.2, 0) is 0 Å². The van der Waals surface area contributed by atoms with Gasteiger partial charge in [0, 0.05) is 41.4 Å². The lowest BCUT2D eigenvalue weighted by Gasteiger charge is -2.32. The largest absolute Gasteiger partial charge is 0.339 e. The third-order valence-corrected chi connectivity index (χ3v) is 5.70. The number of aromatic amines is 1. The number of carbonyl (C=O) groups is 2. The molecule has 1 N–H and O–H groups in total. The molecule has 2 aromatic carbocycles. The van der Waals surface area contributed by atoms with Gasteiger partial charge in [0.2, 0.25) is 0 Å². The van der Waals surface area contributed by atoms with Crippen LogP contribution < -0.4 is 0 Å². The van der Waals surface area contributed by atoms with Crippen molar-refractivity contribution in [3.05, 3.63) is 77.1 Å². The molecule has 5 heteroatoms. The molecule has 148 valence electrons. The summed E-state index contributed by atoms with van der Waals surface area (Å²) in [5.74, 6) is 0.317. The molecule has 0 spiro atoms. The van der Waals surface area contributed by atoms with E-state index in [2.05, 4.69) is 41.4 Å². The lowest BCUT2D eigenvalue weighted by molar-refractivity contribution is 0.0712. The summed E-state index contributed by atoms with van der Waals surface area (Å²) in [6.07, 6.45) is 3.67. The Bertz CT molecular complexity index is 1050. The van der Waals surface area contributed by atoms with E-state index in [-0.39, 0.29) is 11.7 Å². The lowest BCUT2D eigenvalue weighted by Crippen LogP contribution is -2.38. The van der Waals surface area contributed by atoms with E-state index in [1.807, 2.05) is 11.1 Å². The number of H-pyrrole nitrogens is 1. The van der Waals surface area contributed by atoms with Crippen LogP contribution in [0.25, 0.3) is 11.1 Å². The number of benzene rings is 2. The Labute approximate surface area is 170 Å². The SMILES string of the molecule is CC(=O)c1cccc(C(=O)N2CCC(c3[nH]ncc3-c3cccc(C)c3)CC2)c1. The van der Waals surface area contributed by atoms with E-state index in [1.54, 1.807) is 24.3 Å². The number of hydrogen-bond donors (Lipinski definition) is 1. The van der Waals surface area contributed by atoms with Gasteiger partial charge in [-0.05, 0) is 44.4 Å². The smallest absolute Gasteiger partial charge is 0.253 e. The number of nitrogens with one attached hydrogen (secondary N) is 1. The Morgan fingerprint density at radius 2 is 1.76 bits per heavy atom. The summed E-state index contributed by atoms with van der Waals surface area (Å²) in [4.78, 5) is 26.4. The molecule has 3 aromatic rings. The maximum absolute atomic E-state index is 12.9. The van der Waals surface area contributed by atoms with E-state index in [1.165, 1.54) is 18.1 Å². The summed E-state index contributed by atoms with van der Waals surface area (Å²) in [6.45, 7) is 5.00. The average Bonchev–Trinajstić information content (AvgIpc) is 3.23. The van der Waals surface area contributed by atoms with Crippen molar-refractivity contribution in [3.63, 3.8) is 0 Å². The molecule has 5 nitrogen and oxygen atoms in total. The molecule has 1 aliphatic rings. The van der Waals surface area contributed by atoms with Crippen molar-refractivity contribution in [1.82, 2.24) is 15.1 Å². The van der Waals surface area contributed by atoms with Crippen LogP contribution in [0.4, 0.5) is 0 Å². The molecule has 1 aromatic heterocycles. The standard InChI is InChI=1S/C24H25N3O2/c1-16-5-3-7-20(13-16)22-15-25-26-23(22)18-9-11-27(12-10-18)24(29)21-8-4-6-19(14-21)17(2)28/h3-8,13-15,18H,9-12H2,1-2H3,(H,25,26). The number of aryl methyl sites for hydroxylation is 1. The molecule has 1 saturated heterocycles. The minimum absolute atomic E-state index is 0.00457. The fourth-order valence-electron chi connectivity index (χ4n) is 4.08. The van der Waals surface area contributed by atoms with Crippen molar-refractivity contribution in [2.75, 3.05) is 13.1 Å². The van der Waals surface area contributed by atoms with Crippen LogP contribution in [0.3, 0.4) is 0 Å². The van der Waals surface area contributed by atoms with Crippen LogP contribution >= 0.6 is 0 Å². The number of aromatic nitrogens is 2. The highest BCUT2D eigenvalue weighted by atomic mass is 16.2. The summed E-state index contributed by atoms with van der Waals surface area (Å²) in [6, 6.07) is 15.4. The number of carbonyl (C=O) groups excluding carboxylic acids is 2. The van der Waals surface area contributed by atoms with Crippen LogP contribution in [0.5, 0.6) is 0 Å². The number of piperidine rings is 1. The van der Waals surface area contributed by atoms with Gasteiger partial charge in [-0.15, -0.1) is 0 Å². The van der Waals surface area contributed by atoms with Gasteiger partial charge in [0.1, 0.15) is 0 Å².